The molecule has 3 aromatic rings. The summed E-state index contributed by atoms with van der Waals surface area (Å²) in [5.74, 6) is 1.29. The van der Waals surface area contributed by atoms with E-state index in [0.29, 0.717) is 16.7 Å². The topological polar surface area (TPSA) is 62.8 Å². The summed E-state index contributed by atoms with van der Waals surface area (Å²) in [5.41, 5.74) is 2.62. The first-order valence-corrected chi connectivity index (χ1v) is 6.47. The van der Waals surface area contributed by atoms with Crippen molar-refractivity contribution in [2.24, 2.45) is 0 Å². The van der Waals surface area contributed by atoms with Crippen LogP contribution in [0.1, 0.15) is 0 Å². The first-order chi connectivity index (χ1) is 9.71. The number of aromatic nitrogens is 3. The molecule has 2 heterocycles. The lowest BCUT2D eigenvalue weighted by Crippen LogP contribution is -1.96. The number of anilines is 1. The molecule has 102 valence electrons. The third kappa shape index (κ3) is 2.16. The van der Waals surface area contributed by atoms with Crippen molar-refractivity contribution in [2.75, 3.05) is 19.5 Å². The van der Waals surface area contributed by atoms with Gasteiger partial charge in [-0.3, -0.25) is 0 Å². The lowest BCUT2D eigenvalue weighted by Gasteiger charge is -2.01. The molecule has 0 fully saturated rings. The van der Waals surface area contributed by atoms with Gasteiger partial charge in [-0.15, -0.1) is 0 Å². The van der Waals surface area contributed by atoms with Gasteiger partial charge in [0, 0.05) is 18.3 Å². The molecule has 0 saturated carbocycles. The molecule has 0 amide bonds. The van der Waals surface area contributed by atoms with E-state index in [9.17, 15) is 0 Å². The molecule has 0 aliphatic rings. The van der Waals surface area contributed by atoms with E-state index in [1.165, 1.54) is 0 Å². The lowest BCUT2D eigenvalue weighted by molar-refractivity contribution is 0.415. The average Bonchev–Trinajstić information content (AvgIpc) is 2.92. The second-order valence-corrected chi connectivity index (χ2v) is 4.62. The van der Waals surface area contributed by atoms with Crippen LogP contribution in [-0.2, 0) is 0 Å². The van der Waals surface area contributed by atoms with Gasteiger partial charge in [0.1, 0.15) is 16.5 Å². The minimum atomic E-state index is 0.421. The third-order valence-corrected chi connectivity index (χ3v) is 3.33. The summed E-state index contributed by atoms with van der Waals surface area (Å²) in [6.07, 6.45) is 0. The van der Waals surface area contributed by atoms with E-state index in [4.69, 9.17) is 16.3 Å². The van der Waals surface area contributed by atoms with E-state index in [1.54, 1.807) is 14.2 Å². The Labute approximate surface area is 121 Å². The molecule has 5 nitrogen and oxygen atoms in total. The fourth-order valence-corrected chi connectivity index (χ4v) is 2.26. The van der Waals surface area contributed by atoms with Crippen LogP contribution >= 0.6 is 11.6 Å². The Balaban J connectivity index is 2.14. The first kappa shape index (κ1) is 12.7. The molecule has 6 heteroatoms. The van der Waals surface area contributed by atoms with Crippen molar-refractivity contribution in [1.82, 2.24) is 15.0 Å². The van der Waals surface area contributed by atoms with Gasteiger partial charge in [0.25, 0.3) is 0 Å². The minimum absolute atomic E-state index is 0.421. The normalized spacial score (nSPS) is 10.8. The average molecular weight is 289 g/mol. The van der Waals surface area contributed by atoms with Crippen LogP contribution in [0.2, 0.25) is 5.15 Å². The zero-order valence-electron chi connectivity index (χ0n) is 11.1. The van der Waals surface area contributed by atoms with Gasteiger partial charge in [-0.1, -0.05) is 23.7 Å². The molecule has 0 aliphatic heterocycles. The summed E-state index contributed by atoms with van der Waals surface area (Å²) in [5, 5.41) is 4.10. The van der Waals surface area contributed by atoms with Crippen LogP contribution in [0.15, 0.2) is 30.3 Å². The number of aromatic amines is 1. The van der Waals surface area contributed by atoms with Gasteiger partial charge in [0.05, 0.1) is 12.5 Å². The predicted octanol–water partition coefficient (Wildman–Crippen LogP) is 3.33. The molecule has 0 bridgehead atoms. The summed E-state index contributed by atoms with van der Waals surface area (Å²) in [7, 11) is 3.40. The standard InChI is InChI=1S/C14H13ClN4O/c1-16-14-18-12(15)10-7-11(17-13(10)19-14)8-4-3-5-9(6-8)20-2/h3-7H,1-2H3,(H2,16,17,18,19). The number of benzene rings is 1. The quantitative estimate of drug-likeness (QED) is 0.726. The molecule has 3 rings (SSSR count). The Morgan fingerprint density at radius 3 is 2.85 bits per heavy atom. The molecule has 0 atom stereocenters. The molecule has 0 unspecified atom stereocenters. The summed E-state index contributed by atoms with van der Waals surface area (Å²) in [6, 6.07) is 9.72. The number of ether oxygens (including phenoxy) is 1. The number of methoxy groups -OCH3 is 1. The second kappa shape index (κ2) is 5.02. The zero-order valence-corrected chi connectivity index (χ0v) is 11.8. The number of fused-ring (bicyclic) bond motifs is 1. The van der Waals surface area contributed by atoms with Gasteiger partial charge < -0.3 is 15.0 Å². The van der Waals surface area contributed by atoms with E-state index in [2.05, 4.69) is 20.3 Å². The number of nitrogens with one attached hydrogen (secondary N) is 2. The maximum atomic E-state index is 6.16. The second-order valence-electron chi connectivity index (χ2n) is 4.27. The highest BCUT2D eigenvalue weighted by atomic mass is 35.5. The van der Waals surface area contributed by atoms with Crippen molar-refractivity contribution in [1.29, 1.82) is 0 Å². The Morgan fingerprint density at radius 2 is 2.10 bits per heavy atom. The molecule has 0 spiro atoms. The van der Waals surface area contributed by atoms with E-state index in [1.807, 2.05) is 30.3 Å². The molecule has 0 radical (unpaired) electrons. The fourth-order valence-electron chi connectivity index (χ4n) is 2.03. The number of hydrogen-bond donors (Lipinski definition) is 2. The first-order valence-electron chi connectivity index (χ1n) is 6.09. The maximum Gasteiger partial charge on any atom is 0.225 e. The number of halogens is 1. The molecule has 0 saturated heterocycles. The van der Waals surface area contributed by atoms with Crippen molar-refractivity contribution < 1.29 is 4.74 Å². The van der Waals surface area contributed by atoms with Crippen molar-refractivity contribution in [2.45, 2.75) is 0 Å². The Kier molecular flexibility index (Phi) is 3.20. The Hall–Kier alpha value is -2.27. The van der Waals surface area contributed by atoms with Crippen molar-refractivity contribution >= 4 is 28.6 Å². The van der Waals surface area contributed by atoms with Gasteiger partial charge in [0.2, 0.25) is 5.95 Å². The highest BCUT2D eigenvalue weighted by Crippen LogP contribution is 2.29. The Morgan fingerprint density at radius 1 is 1.25 bits per heavy atom. The van der Waals surface area contributed by atoms with Crippen molar-refractivity contribution in [3.05, 3.63) is 35.5 Å². The van der Waals surface area contributed by atoms with Crippen LogP contribution < -0.4 is 10.1 Å². The SMILES string of the molecule is CNc1nc(Cl)c2cc(-c3cccc(OC)c3)[nH]c2n1. The summed E-state index contributed by atoms with van der Waals surface area (Å²) < 4.78 is 5.23. The maximum absolute atomic E-state index is 6.16. The van der Waals surface area contributed by atoms with Gasteiger partial charge in [-0.25, -0.2) is 4.98 Å². The van der Waals surface area contributed by atoms with Crippen molar-refractivity contribution in [3.8, 4) is 17.0 Å². The van der Waals surface area contributed by atoms with Crippen LogP contribution in [0.5, 0.6) is 5.75 Å². The number of H-pyrrole nitrogens is 1. The highest BCUT2D eigenvalue weighted by Gasteiger charge is 2.10. The van der Waals surface area contributed by atoms with E-state index < -0.39 is 0 Å². The molecular weight excluding hydrogens is 276 g/mol. The predicted molar refractivity (Wildman–Crippen MR) is 80.4 cm³/mol. The van der Waals surface area contributed by atoms with E-state index in [0.717, 1.165) is 22.4 Å². The summed E-state index contributed by atoms with van der Waals surface area (Å²) >= 11 is 6.16. The highest BCUT2D eigenvalue weighted by molar-refractivity contribution is 6.34. The van der Waals surface area contributed by atoms with Crippen LogP contribution in [-0.4, -0.2) is 29.1 Å². The van der Waals surface area contributed by atoms with Crippen LogP contribution in [0.25, 0.3) is 22.3 Å². The van der Waals surface area contributed by atoms with Crippen LogP contribution in [0.4, 0.5) is 5.95 Å². The number of hydrogen-bond acceptors (Lipinski definition) is 4. The largest absolute Gasteiger partial charge is 0.497 e. The molecule has 0 aliphatic carbocycles. The van der Waals surface area contributed by atoms with E-state index in [-0.39, 0.29) is 0 Å². The van der Waals surface area contributed by atoms with Crippen LogP contribution in [0, 0.1) is 0 Å². The number of rotatable bonds is 3. The van der Waals surface area contributed by atoms with Gasteiger partial charge >= 0.3 is 0 Å². The van der Waals surface area contributed by atoms with Gasteiger partial charge in [-0.2, -0.15) is 4.98 Å². The lowest BCUT2D eigenvalue weighted by atomic mass is 10.1. The Bertz CT molecular complexity index is 769. The van der Waals surface area contributed by atoms with Crippen molar-refractivity contribution in [3.63, 3.8) is 0 Å². The van der Waals surface area contributed by atoms with Gasteiger partial charge in [-0.05, 0) is 18.2 Å². The van der Waals surface area contributed by atoms with E-state index >= 15 is 0 Å². The smallest absolute Gasteiger partial charge is 0.225 e. The minimum Gasteiger partial charge on any atom is -0.497 e. The fraction of sp³-hybridized carbons (Fsp3) is 0.143. The molecular formula is C14H13ClN4O. The molecule has 1 aromatic carbocycles. The zero-order chi connectivity index (χ0) is 14.1. The number of nitrogens with zero attached hydrogens (tertiary/aromatic N) is 2. The van der Waals surface area contributed by atoms with Gasteiger partial charge in [0.15, 0.2) is 0 Å². The monoisotopic (exact) mass is 288 g/mol. The molecule has 20 heavy (non-hydrogen) atoms. The van der Waals surface area contributed by atoms with Crippen LogP contribution in [0.3, 0.4) is 0 Å². The summed E-state index contributed by atoms with van der Waals surface area (Å²) in [4.78, 5) is 11.8. The molecule has 2 aromatic heterocycles. The summed E-state index contributed by atoms with van der Waals surface area (Å²) in [6.45, 7) is 0. The molecule has 2 N–H and O–H groups in total. The third-order valence-electron chi connectivity index (χ3n) is 3.05.